The fourth-order valence-electron chi connectivity index (χ4n) is 2.97. The van der Waals surface area contributed by atoms with Gasteiger partial charge in [-0.05, 0) is 24.3 Å². The highest BCUT2D eigenvalue weighted by Crippen LogP contribution is 2.26. The van der Waals surface area contributed by atoms with Crippen LogP contribution in [0.5, 0.6) is 0 Å². The normalized spacial score (nSPS) is 15.0. The van der Waals surface area contributed by atoms with Crippen LogP contribution in [0.2, 0.25) is 0 Å². The maximum atomic E-state index is 6.17. The van der Waals surface area contributed by atoms with E-state index in [1.54, 1.807) is 0 Å². The van der Waals surface area contributed by atoms with Gasteiger partial charge in [-0.1, -0.05) is 18.2 Å². The molecule has 0 saturated carbocycles. The van der Waals surface area contributed by atoms with Crippen molar-refractivity contribution >= 4 is 22.4 Å². The third-order valence-electron chi connectivity index (χ3n) is 4.23. The van der Waals surface area contributed by atoms with E-state index in [-0.39, 0.29) is 0 Å². The van der Waals surface area contributed by atoms with E-state index in [4.69, 9.17) is 10.7 Å². The highest BCUT2D eigenvalue weighted by Gasteiger charge is 2.12. The second-order valence-electron chi connectivity index (χ2n) is 5.76. The van der Waals surface area contributed by atoms with Gasteiger partial charge in [-0.2, -0.15) is 0 Å². The van der Waals surface area contributed by atoms with Crippen LogP contribution in [0.3, 0.4) is 0 Å². The number of piperazine rings is 1. The van der Waals surface area contributed by atoms with Crippen molar-refractivity contribution in [2.24, 2.45) is 0 Å². The number of hydrogen-bond donors (Lipinski definition) is 2. The molecule has 5 nitrogen and oxygen atoms in total. The third kappa shape index (κ3) is 2.71. The van der Waals surface area contributed by atoms with Gasteiger partial charge in [0.25, 0.3) is 0 Å². The van der Waals surface area contributed by atoms with Crippen molar-refractivity contribution in [1.29, 1.82) is 0 Å². The van der Waals surface area contributed by atoms with Gasteiger partial charge in [0.15, 0.2) is 0 Å². The van der Waals surface area contributed by atoms with E-state index in [2.05, 4.69) is 27.3 Å². The summed E-state index contributed by atoms with van der Waals surface area (Å²) in [5, 5.41) is 4.34. The molecule has 0 radical (unpaired) electrons. The average molecular weight is 305 g/mol. The van der Waals surface area contributed by atoms with Crippen molar-refractivity contribution in [3.8, 4) is 11.3 Å². The number of nitrogen functional groups attached to an aromatic ring is 1. The maximum absolute atomic E-state index is 6.17. The molecule has 5 heteroatoms. The van der Waals surface area contributed by atoms with Gasteiger partial charge in [0.2, 0.25) is 0 Å². The molecule has 0 bridgehead atoms. The first kappa shape index (κ1) is 14.0. The second-order valence-corrected chi connectivity index (χ2v) is 5.76. The van der Waals surface area contributed by atoms with Crippen LogP contribution in [0.4, 0.5) is 11.5 Å². The van der Waals surface area contributed by atoms with Crippen molar-refractivity contribution in [3.63, 3.8) is 0 Å². The summed E-state index contributed by atoms with van der Waals surface area (Å²) in [6.45, 7) is 4.00. The molecule has 116 valence electrons. The van der Waals surface area contributed by atoms with Crippen LogP contribution >= 0.6 is 0 Å². The number of aromatic nitrogens is 2. The summed E-state index contributed by atoms with van der Waals surface area (Å²) in [4.78, 5) is 11.6. The fraction of sp³-hybridized carbons (Fsp3) is 0.222. The van der Waals surface area contributed by atoms with E-state index in [1.807, 2.05) is 36.5 Å². The number of anilines is 2. The lowest BCUT2D eigenvalue weighted by molar-refractivity contribution is 0.585. The van der Waals surface area contributed by atoms with Gasteiger partial charge in [-0.25, -0.2) is 9.97 Å². The zero-order chi connectivity index (χ0) is 15.6. The lowest BCUT2D eigenvalue weighted by atomic mass is 10.1. The smallest absolute Gasteiger partial charge is 0.128 e. The number of para-hydroxylation sites is 1. The van der Waals surface area contributed by atoms with Gasteiger partial charge in [0.1, 0.15) is 5.82 Å². The molecule has 0 amide bonds. The molecule has 2 aromatic heterocycles. The van der Waals surface area contributed by atoms with Crippen LogP contribution in [0.1, 0.15) is 0 Å². The molecule has 1 aromatic carbocycles. The number of benzene rings is 1. The standard InChI is InChI=1S/C18H19N5/c19-15-11-17(22-16-4-2-1-3-14(15)16)13-5-6-18(21-12-13)23-9-7-20-8-10-23/h1-6,11-12,20H,7-10H2,(H2,19,22). The summed E-state index contributed by atoms with van der Waals surface area (Å²) in [5.41, 5.74) is 9.67. The topological polar surface area (TPSA) is 67.1 Å². The Morgan fingerprint density at radius 1 is 1.04 bits per heavy atom. The molecule has 0 spiro atoms. The van der Waals surface area contributed by atoms with Crippen molar-refractivity contribution in [2.75, 3.05) is 36.8 Å². The van der Waals surface area contributed by atoms with E-state index in [0.717, 1.165) is 59.8 Å². The Morgan fingerprint density at radius 3 is 2.65 bits per heavy atom. The molecule has 0 aliphatic carbocycles. The van der Waals surface area contributed by atoms with Gasteiger partial charge in [0.05, 0.1) is 11.2 Å². The summed E-state index contributed by atoms with van der Waals surface area (Å²) in [7, 11) is 0. The van der Waals surface area contributed by atoms with Crippen LogP contribution in [0, 0.1) is 0 Å². The van der Waals surface area contributed by atoms with Gasteiger partial charge in [-0.15, -0.1) is 0 Å². The number of nitrogens with two attached hydrogens (primary N) is 1. The molecule has 1 aliphatic rings. The molecule has 1 aliphatic heterocycles. The highest BCUT2D eigenvalue weighted by molar-refractivity contribution is 5.92. The van der Waals surface area contributed by atoms with Crippen LogP contribution in [0.15, 0.2) is 48.7 Å². The number of hydrogen-bond acceptors (Lipinski definition) is 5. The number of nitrogens with zero attached hydrogens (tertiary/aromatic N) is 3. The summed E-state index contributed by atoms with van der Waals surface area (Å²) < 4.78 is 0. The summed E-state index contributed by atoms with van der Waals surface area (Å²) >= 11 is 0. The Labute approximate surface area is 135 Å². The van der Waals surface area contributed by atoms with Crippen molar-refractivity contribution in [1.82, 2.24) is 15.3 Å². The Balaban J connectivity index is 1.67. The first-order valence-electron chi connectivity index (χ1n) is 7.88. The zero-order valence-electron chi connectivity index (χ0n) is 12.9. The minimum atomic E-state index is 0.747. The van der Waals surface area contributed by atoms with Crippen LogP contribution < -0.4 is 16.0 Å². The summed E-state index contributed by atoms with van der Waals surface area (Å²) in [5.74, 6) is 1.02. The predicted molar refractivity (Wildman–Crippen MR) is 94.5 cm³/mol. The highest BCUT2D eigenvalue weighted by atomic mass is 15.2. The van der Waals surface area contributed by atoms with Crippen LogP contribution in [0.25, 0.3) is 22.2 Å². The Hall–Kier alpha value is -2.66. The van der Waals surface area contributed by atoms with E-state index in [9.17, 15) is 0 Å². The first-order chi connectivity index (χ1) is 11.3. The Kier molecular flexibility index (Phi) is 3.55. The molecule has 1 fully saturated rings. The summed E-state index contributed by atoms with van der Waals surface area (Å²) in [6.07, 6.45) is 1.88. The van der Waals surface area contributed by atoms with Crippen molar-refractivity contribution in [2.45, 2.75) is 0 Å². The fourth-order valence-corrected chi connectivity index (χ4v) is 2.97. The molecule has 1 saturated heterocycles. The molecule has 0 atom stereocenters. The molecule has 3 heterocycles. The van der Waals surface area contributed by atoms with Crippen molar-refractivity contribution in [3.05, 3.63) is 48.7 Å². The number of pyridine rings is 2. The molecule has 0 unspecified atom stereocenters. The lowest BCUT2D eigenvalue weighted by Crippen LogP contribution is -2.43. The molecular weight excluding hydrogens is 286 g/mol. The Morgan fingerprint density at radius 2 is 1.87 bits per heavy atom. The lowest BCUT2D eigenvalue weighted by Gasteiger charge is -2.28. The number of fused-ring (bicyclic) bond motifs is 1. The molecule has 3 N–H and O–H groups in total. The van der Waals surface area contributed by atoms with Gasteiger partial charge in [-0.3, -0.25) is 0 Å². The van der Waals surface area contributed by atoms with E-state index in [0.29, 0.717) is 0 Å². The van der Waals surface area contributed by atoms with Crippen LogP contribution in [-0.2, 0) is 0 Å². The Bertz CT molecular complexity index is 822. The van der Waals surface area contributed by atoms with Gasteiger partial charge >= 0.3 is 0 Å². The minimum absolute atomic E-state index is 0.747. The largest absolute Gasteiger partial charge is 0.398 e. The zero-order valence-corrected chi connectivity index (χ0v) is 12.9. The first-order valence-corrected chi connectivity index (χ1v) is 7.88. The van der Waals surface area contributed by atoms with Gasteiger partial charge in [0, 0.05) is 49.0 Å². The maximum Gasteiger partial charge on any atom is 0.128 e. The molecule has 23 heavy (non-hydrogen) atoms. The second kappa shape index (κ2) is 5.85. The monoisotopic (exact) mass is 305 g/mol. The molecule has 3 aromatic rings. The third-order valence-corrected chi connectivity index (χ3v) is 4.23. The average Bonchev–Trinajstić information content (AvgIpc) is 2.63. The van der Waals surface area contributed by atoms with Crippen LogP contribution in [-0.4, -0.2) is 36.1 Å². The van der Waals surface area contributed by atoms with E-state index in [1.165, 1.54) is 0 Å². The number of nitrogens with one attached hydrogen (secondary N) is 1. The van der Waals surface area contributed by atoms with Crippen molar-refractivity contribution < 1.29 is 0 Å². The van der Waals surface area contributed by atoms with E-state index < -0.39 is 0 Å². The van der Waals surface area contributed by atoms with E-state index >= 15 is 0 Å². The minimum Gasteiger partial charge on any atom is -0.398 e. The molecule has 4 rings (SSSR count). The molecular formula is C18H19N5. The SMILES string of the molecule is Nc1cc(-c2ccc(N3CCNCC3)nc2)nc2ccccc12. The quantitative estimate of drug-likeness (QED) is 0.760. The predicted octanol–water partition coefficient (Wildman–Crippen LogP) is 2.29. The summed E-state index contributed by atoms with van der Waals surface area (Å²) in [6, 6.07) is 14.0. The van der Waals surface area contributed by atoms with Gasteiger partial charge < -0.3 is 16.0 Å². The number of rotatable bonds is 2.